The number of nitrogens with zero attached hydrogens (tertiary/aromatic N) is 1. The van der Waals surface area contributed by atoms with E-state index < -0.39 is 10.0 Å². The molecule has 2 N–H and O–H groups in total. The summed E-state index contributed by atoms with van der Waals surface area (Å²) in [5, 5.41) is 2.87. The molecule has 32 heavy (non-hydrogen) atoms. The number of nitrogens with one attached hydrogen (secondary N) is 2. The van der Waals surface area contributed by atoms with Crippen molar-refractivity contribution in [2.75, 3.05) is 46.0 Å². The molecular formula is C23H31N3O5S. The highest BCUT2D eigenvalue weighted by molar-refractivity contribution is 7.89. The fraction of sp³-hybridized carbons (Fsp3) is 0.435. The Labute approximate surface area is 190 Å². The Morgan fingerprint density at radius 1 is 1.16 bits per heavy atom. The van der Waals surface area contributed by atoms with Crippen molar-refractivity contribution in [1.29, 1.82) is 0 Å². The zero-order valence-corrected chi connectivity index (χ0v) is 19.4. The molecule has 8 nitrogen and oxygen atoms in total. The van der Waals surface area contributed by atoms with Gasteiger partial charge in [-0.05, 0) is 42.3 Å². The first-order valence-electron chi connectivity index (χ1n) is 10.8. The molecule has 1 aliphatic rings. The van der Waals surface area contributed by atoms with E-state index in [9.17, 15) is 13.2 Å². The third-order valence-corrected chi connectivity index (χ3v) is 6.77. The minimum absolute atomic E-state index is 0.0748. The van der Waals surface area contributed by atoms with E-state index in [-0.39, 0.29) is 17.3 Å². The molecule has 2 aromatic rings. The van der Waals surface area contributed by atoms with Gasteiger partial charge in [0.1, 0.15) is 12.4 Å². The Hall–Kier alpha value is -2.46. The zero-order chi connectivity index (χ0) is 23.0. The van der Waals surface area contributed by atoms with Gasteiger partial charge in [-0.15, -0.1) is 0 Å². The topological polar surface area (TPSA) is 97.0 Å². The van der Waals surface area contributed by atoms with Crippen molar-refractivity contribution in [3.05, 3.63) is 59.2 Å². The van der Waals surface area contributed by atoms with E-state index in [4.69, 9.17) is 9.47 Å². The van der Waals surface area contributed by atoms with Crippen LogP contribution in [-0.4, -0.2) is 65.2 Å². The third-order valence-electron chi connectivity index (χ3n) is 5.23. The first-order chi connectivity index (χ1) is 15.4. The predicted octanol–water partition coefficient (Wildman–Crippen LogP) is 1.93. The number of hydrogen-bond donors (Lipinski definition) is 2. The summed E-state index contributed by atoms with van der Waals surface area (Å²) < 4.78 is 38.2. The van der Waals surface area contributed by atoms with Crippen LogP contribution in [-0.2, 0) is 21.3 Å². The monoisotopic (exact) mass is 461 g/mol. The number of carbonyl (C=O) groups is 1. The van der Waals surface area contributed by atoms with Crippen molar-refractivity contribution in [2.45, 2.75) is 25.3 Å². The lowest BCUT2D eigenvalue weighted by molar-refractivity contribution is 0.0322. The zero-order valence-electron chi connectivity index (χ0n) is 18.6. The first-order valence-corrected chi connectivity index (χ1v) is 12.3. The summed E-state index contributed by atoms with van der Waals surface area (Å²) >= 11 is 0. The van der Waals surface area contributed by atoms with Crippen molar-refractivity contribution in [3.63, 3.8) is 0 Å². The number of ether oxygens (including phenoxy) is 2. The Bertz CT molecular complexity index is 1020. The van der Waals surface area contributed by atoms with Crippen LogP contribution in [0.25, 0.3) is 0 Å². The Balaban J connectivity index is 1.57. The molecule has 2 aromatic carbocycles. The average molecular weight is 462 g/mol. The Kier molecular flexibility index (Phi) is 8.63. The van der Waals surface area contributed by atoms with Crippen LogP contribution in [0.15, 0.2) is 47.4 Å². The van der Waals surface area contributed by atoms with Crippen molar-refractivity contribution in [2.24, 2.45) is 0 Å². The second kappa shape index (κ2) is 11.4. The number of rotatable bonds is 10. The lowest BCUT2D eigenvalue weighted by Crippen LogP contribution is -2.38. The van der Waals surface area contributed by atoms with Crippen LogP contribution >= 0.6 is 0 Å². The van der Waals surface area contributed by atoms with E-state index in [1.165, 1.54) is 12.1 Å². The molecule has 9 heteroatoms. The van der Waals surface area contributed by atoms with Gasteiger partial charge in [0.2, 0.25) is 10.0 Å². The highest BCUT2D eigenvalue weighted by atomic mass is 32.2. The van der Waals surface area contributed by atoms with Crippen LogP contribution in [0.5, 0.6) is 5.75 Å². The largest absolute Gasteiger partial charge is 0.492 e. The molecule has 0 radical (unpaired) electrons. The normalized spacial score (nSPS) is 14.8. The summed E-state index contributed by atoms with van der Waals surface area (Å²) in [4.78, 5) is 15.1. The lowest BCUT2D eigenvalue weighted by Gasteiger charge is -2.26. The number of aryl methyl sites for hydroxylation is 1. The van der Waals surface area contributed by atoms with Gasteiger partial charge in [0.05, 0.1) is 18.1 Å². The summed E-state index contributed by atoms with van der Waals surface area (Å²) in [6.45, 7) is 8.87. The maximum absolute atomic E-state index is 12.7. The predicted molar refractivity (Wildman–Crippen MR) is 122 cm³/mol. The highest BCUT2D eigenvalue weighted by Crippen LogP contribution is 2.17. The Morgan fingerprint density at radius 2 is 1.94 bits per heavy atom. The van der Waals surface area contributed by atoms with Gasteiger partial charge >= 0.3 is 0 Å². The Morgan fingerprint density at radius 3 is 2.69 bits per heavy atom. The molecule has 1 fully saturated rings. The number of hydrogen-bond acceptors (Lipinski definition) is 6. The van der Waals surface area contributed by atoms with E-state index in [1.807, 2.05) is 24.3 Å². The van der Waals surface area contributed by atoms with E-state index >= 15 is 0 Å². The van der Waals surface area contributed by atoms with E-state index in [0.29, 0.717) is 24.3 Å². The number of sulfonamides is 1. The number of amides is 1. The summed E-state index contributed by atoms with van der Waals surface area (Å²) in [6, 6.07) is 12.1. The summed E-state index contributed by atoms with van der Waals surface area (Å²) in [5.74, 6) is 0.426. The lowest BCUT2D eigenvalue weighted by atomic mass is 10.1. The van der Waals surface area contributed by atoms with Crippen LogP contribution in [0.4, 0.5) is 0 Å². The average Bonchev–Trinajstić information content (AvgIpc) is 2.78. The van der Waals surface area contributed by atoms with Crippen LogP contribution < -0.4 is 14.8 Å². The van der Waals surface area contributed by atoms with Crippen molar-refractivity contribution in [3.8, 4) is 5.75 Å². The van der Waals surface area contributed by atoms with Gasteiger partial charge in [-0.3, -0.25) is 9.69 Å². The second-order valence-corrected chi connectivity index (χ2v) is 9.38. The van der Waals surface area contributed by atoms with Crippen LogP contribution in [0, 0.1) is 6.92 Å². The number of benzene rings is 2. The van der Waals surface area contributed by atoms with Gasteiger partial charge in [0, 0.05) is 38.3 Å². The van der Waals surface area contributed by atoms with E-state index in [0.717, 1.165) is 44.2 Å². The SMILES string of the molecule is CCNS(=O)(=O)c1ccc(C)c(C(=O)NCc2cccc(OCCN3CCOCC3)c2)c1. The molecule has 1 aliphatic heterocycles. The fourth-order valence-corrected chi connectivity index (χ4v) is 4.49. The maximum atomic E-state index is 12.7. The van der Waals surface area contributed by atoms with Crippen LogP contribution in [0.2, 0.25) is 0 Å². The molecule has 3 rings (SSSR count). The first kappa shape index (κ1) is 24.2. The molecular weight excluding hydrogens is 430 g/mol. The minimum Gasteiger partial charge on any atom is -0.492 e. The van der Waals surface area contributed by atoms with Gasteiger partial charge in [-0.2, -0.15) is 0 Å². The molecule has 1 amide bonds. The second-order valence-electron chi connectivity index (χ2n) is 7.61. The minimum atomic E-state index is -3.63. The smallest absolute Gasteiger partial charge is 0.251 e. The summed E-state index contributed by atoms with van der Waals surface area (Å²) in [6.07, 6.45) is 0. The molecule has 0 unspecified atom stereocenters. The number of morpholine rings is 1. The van der Waals surface area contributed by atoms with Gasteiger partial charge in [-0.1, -0.05) is 25.1 Å². The quantitative estimate of drug-likeness (QED) is 0.561. The van der Waals surface area contributed by atoms with Crippen LogP contribution in [0.1, 0.15) is 28.4 Å². The molecule has 0 bridgehead atoms. The van der Waals surface area contributed by atoms with Gasteiger partial charge in [0.15, 0.2) is 0 Å². The molecule has 174 valence electrons. The van der Waals surface area contributed by atoms with Crippen molar-refractivity contribution >= 4 is 15.9 Å². The van der Waals surface area contributed by atoms with Crippen molar-refractivity contribution < 1.29 is 22.7 Å². The molecule has 1 heterocycles. The fourth-order valence-electron chi connectivity index (χ4n) is 3.43. The van der Waals surface area contributed by atoms with E-state index in [2.05, 4.69) is 14.9 Å². The van der Waals surface area contributed by atoms with Crippen LogP contribution in [0.3, 0.4) is 0 Å². The molecule has 1 saturated heterocycles. The maximum Gasteiger partial charge on any atom is 0.251 e. The molecule has 0 atom stereocenters. The van der Waals surface area contributed by atoms with Gasteiger partial charge in [-0.25, -0.2) is 13.1 Å². The van der Waals surface area contributed by atoms with Gasteiger partial charge < -0.3 is 14.8 Å². The van der Waals surface area contributed by atoms with E-state index in [1.54, 1.807) is 19.9 Å². The summed E-state index contributed by atoms with van der Waals surface area (Å²) in [5.41, 5.74) is 1.94. The number of carbonyl (C=O) groups excluding carboxylic acids is 1. The molecule has 0 spiro atoms. The molecule has 0 saturated carbocycles. The molecule has 0 aliphatic carbocycles. The van der Waals surface area contributed by atoms with Crippen molar-refractivity contribution in [1.82, 2.24) is 14.9 Å². The highest BCUT2D eigenvalue weighted by Gasteiger charge is 2.17. The summed E-state index contributed by atoms with van der Waals surface area (Å²) in [7, 11) is -3.63. The van der Waals surface area contributed by atoms with Gasteiger partial charge in [0.25, 0.3) is 5.91 Å². The molecule has 0 aromatic heterocycles. The third kappa shape index (κ3) is 6.77. The standard InChI is InChI=1S/C23H31N3O5S/c1-3-25-32(28,29)21-8-7-18(2)22(16-21)23(27)24-17-19-5-4-6-20(15-19)31-14-11-26-9-12-30-13-10-26/h4-8,15-16,25H,3,9-14,17H2,1-2H3,(H,24,27).